The summed E-state index contributed by atoms with van der Waals surface area (Å²) in [6.45, 7) is 1.91. The van der Waals surface area contributed by atoms with Gasteiger partial charge in [0, 0.05) is 26.6 Å². The Kier molecular flexibility index (Phi) is 4.87. The second-order valence-electron chi connectivity index (χ2n) is 3.86. The standard InChI is InChI=1S/C9H18N2O4SSi/c1-14-17(3,15-2)8-4-7-16(12,13)9-10-5-6-11-9/h5-6H,4,7-8H2,1-3H3,(H,10,11). The van der Waals surface area contributed by atoms with Crippen molar-refractivity contribution >= 4 is 18.4 Å². The third-order valence-corrected chi connectivity index (χ3v) is 7.30. The SMILES string of the molecule is CO[Si](C)(CCCS(=O)(=O)c1ncc[nH]1)OC. The smallest absolute Gasteiger partial charge is 0.334 e. The Bertz CT molecular complexity index is 428. The van der Waals surface area contributed by atoms with Crippen LogP contribution in [0.4, 0.5) is 0 Å². The van der Waals surface area contributed by atoms with Gasteiger partial charge in [0.1, 0.15) is 0 Å². The van der Waals surface area contributed by atoms with Gasteiger partial charge in [-0.15, -0.1) is 0 Å². The highest BCUT2D eigenvalue weighted by atomic mass is 32.2. The lowest BCUT2D eigenvalue weighted by Gasteiger charge is -2.22. The molecule has 0 fully saturated rings. The first kappa shape index (κ1) is 14.4. The molecule has 1 aromatic rings. The fourth-order valence-electron chi connectivity index (χ4n) is 1.39. The first-order valence-electron chi connectivity index (χ1n) is 5.26. The van der Waals surface area contributed by atoms with Crippen molar-refractivity contribution in [2.75, 3.05) is 20.0 Å². The van der Waals surface area contributed by atoms with E-state index in [0.29, 0.717) is 12.5 Å². The number of hydrogen-bond acceptors (Lipinski definition) is 5. The average molecular weight is 278 g/mol. The van der Waals surface area contributed by atoms with Crippen LogP contribution in [0, 0.1) is 0 Å². The molecule has 0 atom stereocenters. The molecule has 8 heteroatoms. The molecule has 1 heterocycles. The third kappa shape index (κ3) is 3.91. The van der Waals surface area contributed by atoms with Crippen LogP contribution in [0.15, 0.2) is 17.6 Å². The van der Waals surface area contributed by atoms with E-state index >= 15 is 0 Å². The van der Waals surface area contributed by atoms with Crippen molar-refractivity contribution in [1.82, 2.24) is 9.97 Å². The zero-order chi connectivity index (χ0) is 12.9. The van der Waals surface area contributed by atoms with Gasteiger partial charge >= 0.3 is 8.56 Å². The summed E-state index contributed by atoms with van der Waals surface area (Å²) < 4.78 is 34.2. The molecule has 0 aliphatic carbocycles. The van der Waals surface area contributed by atoms with E-state index < -0.39 is 18.4 Å². The molecule has 0 saturated carbocycles. The quantitative estimate of drug-likeness (QED) is 0.751. The maximum Gasteiger partial charge on any atom is 0.334 e. The van der Waals surface area contributed by atoms with E-state index in [9.17, 15) is 8.42 Å². The van der Waals surface area contributed by atoms with E-state index in [1.54, 1.807) is 14.2 Å². The van der Waals surface area contributed by atoms with Gasteiger partial charge in [-0.25, -0.2) is 13.4 Å². The molecule has 0 aromatic carbocycles. The molecule has 6 nitrogen and oxygen atoms in total. The number of aromatic amines is 1. The highest BCUT2D eigenvalue weighted by Crippen LogP contribution is 2.16. The Labute approximate surface area is 103 Å². The monoisotopic (exact) mass is 278 g/mol. The number of hydrogen-bond donors (Lipinski definition) is 1. The Morgan fingerprint density at radius 1 is 1.41 bits per heavy atom. The molecule has 0 saturated heterocycles. The minimum atomic E-state index is -3.31. The van der Waals surface area contributed by atoms with Crippen LogP contribution in [-0.4, -0.2) is 46.9 Å². The summed E-state index contributed by atoms with van der Waals surface area (Å²) in [5.41, 5.74) is 0. The molecule has 1 rings (SSSR count). The maximum atomic E-state index is 11.8. The first-order valence-corrected chi connectivity index (χ1v) is 9.43. The molecular weight excluding hydrogens is 260 g/mol. The van der Waals surface area contributed by atoms with Crippen molar-refractivity contribution in [3.8, 4) is 0 Å². The second-order valence-corrected chi connectivity index (χ2v) is 9.47. The van der Waals surface area contributed by atoms with Gasteiger partial charge in [-0.3, -0.25) is 0 Å². The lowest BCUT2D eigenvalue weighted by atomic mass is 10.6. The van der Waals surface area contributed by atoms with Crippen LogP contribution >= 0.6 is 0 Å². The lowest BCUT2D eigenvalue weighted by molar-refractivity contribution is 0.249. The summed E-state index contributed by atoms with van der Waals surface area (Å²) in [5, 5.41) is 0.0238. The topological polar surface area (TPSA) is 81.3 Å². The predicted molar refractivity (Wildman–Crippen MR) is 65.7 cm³/mol. The largest absolute Gasteiger partial charge is 0.398 e. The lowest BCUT2D eigenvalue weighted by Crippen LogP contribution is -2.36. The summed E-state index contributed by atoms with van der Waals surface area (Å²) in [7, 11) is -2.30. The molecule has 17 heavy (non-hydrogen) atoms. The van der Waals surface area contributed by atoms with E-state index in [4.69, 9.17) is 8.85 Å². The molecule has 0 aliphatic rings. The van der Waals surface area contributed by atoms with E-state index in [0.717, 1.165) is 0 Å². The summed E-state index contributed by atoms with van der Waals surface area (Å²) in [5.74, 6) is 0.0514. The number of sulfone groups is 1. The van der Waals surface area contributed by atoms with Crippen LogP contribution in [0.1, 0.15) is 6.42 Å². The van der Waals surface area contributed by atoms with E-state index in [-0.39, 0.29) is 10.9 Å². The summed E-state index contributed by atoms with van der Waals surface area (Å²) >= 11 is 0. The van der Waals surface area contributed by atoms with Gasteiger partial charge < -0.3 is 13.8 Å². The number of nitrogens with zero attached hydrogens (tertiary/aromatic N) is 1. The molecule has 98 valence electrons. The van der Waals surface area contributed by atoms with Gasteiger partial charge in [0.25, 0.3) is 0 Å². The van der Waals surface area contributed by atoms with Gasteiger partial charge in [-0.1, -0.05) is 0 Å². The van der Waals surface area contributed by atoms with Crippen LogP contribution < -0.4 is 0 Å². The summed E-state index contributed by atoms with van der Waals surface area (Å²) in [4.78, 5) is 6.35. The molecule has 0 spiro atoms. The van der Waals surface area contributed by atoms with Gasteiger partial charge in [-0.2, -0.15) is 0 Å². The Morgan fingerprint density at radius 2 is 2.06 bits per heavy atom. The summed E-state index contributed by atoms with van der Waals surface area (Å²) in [6.07, 6.45) is 3.43. The minimum Gasteiger partial charge on any atom is -0.398 e. The van der Waals surface area contributed by atoms with Crippen molar-refractivity contribution in [2.24, 2.45) is 0 Å². The van der Waals surface area contributed by atoms with Crippen molar-refractivity contribution in [2.45, 2.75) is 24.2 Å². The van der Waals surface area contributed by atoms with Gasteiger partial charge in [0.15, 0.2) is 0 Å². The van der Waals surface area contributed by atoms with Crippen LogP contribution in [0.25, 0.3) is 0 Å². The Balaban J connectivity index is 2.52. The molecule has 0 aliphatic heterocycles. The predicted octanol–water partition coefficient (Wildman–Crippen LogP) is 0.938. The fourth-order valence-corrected chi connectivity index (χ4v) is 4.23. The molecular formula is C9H18N2O4SSi. The molecule has 1 aromatic heterocycles. The average Bonchev–Trinajstić information content (AvgIpc) is 2.82. The highest BCUT2D eigenvalue weighted by Gasteiger charge is 2.29. The van der Waals surface area contributed by atoms with Crippen molar-refractivity contribution in [3.05, 3.63) is 12.4 Å². The van der Waals surface area contributed by atoms with Crippen LogP contribution in [0.2, 0.25) is 12.6 Å². The van der Waals surface area contributed by atoms with Crippen LogP contribution in [-0.2, 0) is 18.7 Å². The van der Waals surface area contributed by atoms with Crippen LogP contribution in [0.3, 0.4) is 0 Å². The van der Waals surface area contributed by atoms with Crippen molar-refractivity contribution in [3.63, 3.8) is 0 Å². The molecule has 0 amide bonds. The third-order valence-electron chi connectivity index (χ3n) is 2.68. The Morgan fingerprint density at radius 3 is 2.53 bits per heavy atom. The summed E-state index contributed by atoms with van der Waals surface area (Å²) in [6, 6.07) is 0.639. The van der Waals surface area contributed by atoms with E-state index in [1.807, 2.05) is 6.55 Å². The number of imidazole rings is 1. The molecule has 0 radical (unpaired) electrons. The zero-order valence-electron chi connectivity index (χ0n) is 10.3. The van der Waals surface area contributed by atoms with E-state index in [1.165, 1.54) is 12.4 Å². The highest BCUT2D eigenvalue weighted by molar-refractivity contribution is 7.91. The van der Waals surface area contributed by atoms with Gasteiger partial charge in [0.2, 0.25) is 15.0 Å². The molecule has 0 unspecified atom stereocenters. The minimum absolute atomic E-state index is 0.0238. The molecule has 0 bridgehead atoms. The second kappa shape index (κ2) is 5.76. The van der Waals surface area contributed by atoms with Crippen LogP contribution in [0.5, 0.6) is 0 Å². The fraction of sp³-hybridized carbons (Fsp3) is 0.667. The number of nitrogens with one attached hydrogen (secondary N) is 1. The number of rotatable bonds is 7. The molecule has 1 N–H and O–H groups in total. The zero-order valence-corrected chi connectivity index (χ0v) is 12.1. The van der Waals surface area contributed by atoms with Gasteiger partial charge in [-0.05, 0) is 19.0 Å². The van der Waals surface area contributed by atoms with Crippen molar-refractivity contribution < 1.29 is 17.3 Å². The van der Waals surface area contributed by atoms with Gasteiger partial charge in [0.05, 0.1) is 5.75 Å². The normalized spacial score (nSPS) is 12.9. The number of aromatic nitrogens is 2. The van der Waals surface area contributed by atoms with E-state index in [2.05, 4.69) is 9.97 Å². The first-order chi connectivity index (χ1) is 7.93. The number of H-pyrrole nitrogens is 1. The maximum absolute atomic E-state index is 11.8. The van der Waals surface area contributed by atoms with Crippen molar-refractivity contribution in [1.29, 1.82) is 0 Å². The Hall–Kier alpha value is -0.703.